The third-order valence-corrected chi connectivity index (χ3v) is 8.91. The lowest BCUT2D eigenvalue weighted by Gasteiger charge is -2.31. The molecule has 41 heavy (non-hydrogen) atoms. The van der Waals surface area contributed by atoms with Gasteiger partial charge in [0.15, 0.2) is 11.3 Å². The van der Waals surface area contributed by atoms with E-state index in [0.29, 0.717) is 87.1 Å². The molecule has 1 unspecified atom stereocenters. The van der Waals surface area contributed by atoms with Gasteiger partial charge in [-0.15, -0.1) is 5.10 Å². The quantitative estimate of drug-likeness (QED) is 0.289. The molecule has 4 rings (SSSR count). The Balaban J connectivity index is 1.73. The number of H-pyrrole nitrogens is 1. The highest BCUT2D eigenvalue weighted by atomic mass is 32.2. The molecule has 1 aliphatic heterocycles. The van der Waals surface area contributed by atoms with Crippen molar-refractivity contribution >= 4 is 15.5 Å². The van der Waals surface area contributed by atoms with Gasteiger partial charge in [0.2, 0.25) is 10.0 Å². The van der Waals surface area contributed by atoms with E-state index in [1.165, 1.54) is 16.4 Å². The predicted octanol–water partition coefficient (Wildman–Crippen LogP) is 2.09. The number of fused-ring (bicyclic) bond motifs is 1. The summed E-state index contributed by atoms with van der Waals surface area (Å²) in [4.78, 5) is 22.8. The Bertz CT molecular complexity index is 1480. The number of imidazole rings is 1. The van der Waals surface area contributed by atoms with Gasteiger partial charge in [0.25, 0.3) is 5.56 Å². The van der Waals surface area contributed by atoms with Crippen molar-refractivity contribution in [3.63, 3.8) is 0 Å². The first-order valence-electron chi connectivity index (χ1n) is 14.5. The lowest BCUT2D eigenvalue weighted by atomic mass is 10.2. The Morgan fingerprint density at radius 3 is 2.59 bits per heavy atom. The summed E-state index contributed by atoms with van der Waals surface area (Å²) in [5.41, 5.74) is 1.06. The fraction of sp³-hybridized carbons (Fsp3) is 0.607. The van der Waals surface area contributed by atoms with Crippen molar-refractivity contribution in [2.45, 2.75) is 64.4 Å². The lowest BCUT2D eigenvalue weighted by Crippen LogP contribution is -2.46. The number of aromatic amines is 1. The van der Waals surface area contributed by atoms with Gasteiger partial charge in [-0.3, -0.25) is 9.69 Å². The molecule has 226 valence electrons. The molecule has 2 aromatic heterocycles. The van der Waals surface area contributed by atoms with Crippen molar-refractivity contribution in [3.05, 3.63) is 40.1 Å². The van der Waals surface area contributed by atoms with E-state index in [4.69, 9.17) is 14.6 Å². The van der Waals surface area contributed by atoms with E-state index >= 15 is 0 Å². The number of morpholine rings is 1. The molecule has 1 aromatic carbocycles. The Morgan fingerprint density at radius 2 is 1.93 bits per heavy atom. The Hall–Kier alpha value is -2.84. The Kier molecular flexibility index (Phi) is 10.5. The molecule has 1 aliphatic rings. The van der Waals surface area contributed by atoms with Gasteiger partial charge >= 0.3 is 0 Å². The van der Waals surface area contributed by atoms with E-state index in [1.54, 1.807) is 10.6 Å². The van der Waals surface area contributed by atoms with E-state index in [1.807, 2.05) is 27.7 Å². The molecule has 13 heteroatoms. The summed E-state index contributed by atoms with van der Waals surface area (Å²) in [5.74, 6) is 1.27. The number of sulfonamides is 1. The van der Waals surface area contributed by atoms with Crippen molar-refractivity contribution < 1.29 is 23.0 Å². The summed E-state index contributed by atoms with van der Waals surface area (Å²) in [6, 6.07) is 4.56. The highest BCUT2D eigenvalue weighted by Gasteiger charge is 2.29. The second-order valence-electron chi connectivity index (χ2n) is 10.2. The van der Waals surface area contributed by atoms with Crippen LogP contribution < -0.4 is 10.3 Å². The molecule has 1 fully saturated rings. The van der Waals surface area contributed by atoms with Crippen molar-refractivity contribution in [2.75, 3.05) is 52.5 Å². The summed E-state index contributed by atoms with van der Waals surface area (Å²) in [6.07, 6.45) is 1.78. The molecular formula is C28H42N6O6S. The maximum Gasteiger partial charge on any atom is 0.277 e. The van der Waals surface area contributed by atoms with Crippen LogP contribution in [0.1, 0.15) is 52.1 Å². The number of aliphatic hydroxyl groups excluding tert-OH is 1. The third kappa shape index (κ3) is 6.97. The van der Waals surface area contributed by atoms with Gasteiger partial charge in [-0.1, -0.05) is 20.8 Å². The molecule has 2 N–H and O–H groups in total. The number of ether oxygens (including phenoxy) is 2. The molecule has 1 saturated heterocycles. The number of hydrogen-bond donors (Lipinski definition) is 2. The molecule has 0 aliphatic carbocycles. The first kappa shape index (κ1) is 31.1. The van der Waals surface area contributed by atoms with E-state index in [0.717, 1.165) is 6.42 Å². The number of aryl methyl sites for hydroxylation is 2. The smallest absolute Gasteiger partial charge is 0.277 e. The van der Waals surface area contributed by atoms with Gasteiger partial charge in [-0.05, 0) is 44.4 Å². The number of aliphatic hydroxyl groups is 1. The second-order valence-corrected chi connectivity index (χ2v) is 12.1. The van der Waals surface area contributed by atoms with Gasteiger partial charge in [0.05, 0.1) is 42.1 Å². The van der Waals surface area contributed by atoms with Crippen LogP contribution >= 0.6 is 0 Å². The molecule has 0 radical (unpaired) electrons. The second kappa shape index (κ2) is 13.9. The van der Waals surface area contributed by atoms with Gasteiger partial charge in [-0.2, -0.15) is 4.31 Å². The molecule has 0 amide bonds. The summed E-state index contributed by atoms with van der Waals surface area (Å²) >= 11 is 0. The van der Waals surface area contributed by atoms with Crippen LogP contribution in [0, 0.1) is 0 Å². The Morgan fingerprint density at radius 1 is 1.17 bits per heavy atom. The molecule has 0 saturated carbocycles. The van der Waals surface area contributed by atoms with Gasteiger partial charge in [0, 0.05) is 39.1 Å². The number of benzene rings is 1. The molecule has 3 heterocycles. The zero-order chi connectivity index (χ0) is 29.6. The van der Waals surface area contributed by atoms with E-state index in [9.17, 15) is 18.3 Å². The maximum absolute atomic E-state index is 13.9. The SMILES string of the molecule is CCCc1nc(CC)c2c(=O)[nH]c(-c3cc(S(=O)(=O)N(CCC)CC(O)CN4CCOCC4)ccc3OCC)nn12. The summed E-state index contributed by atoms with van der Waals surface area (Å²) in [6.45, 7) is 11.2. The first-order valence-corrected chi connectivity index (χ1v) is 15.9. The molecular weight excluding hydrogens is 548 g/mol. The van der Waals surface area contributed by atoms with Crippen molar-refractivity contribution in [1.82, 2.24) is 28.8 Å². The van der Waals surface area contributed by atoms with Crippen LogP contribution in [0.3, 0.4) is 0 Å². The molecule has 12 nitrogen and oxygen atoms in total. The number of nitrogens with zero attached hydrogens (tertiary/aromatic N) is 5. The topological polar surface area (TPSA) is 142 Å². The lowest BCUT2D eigenvalue weighted by molar-refractivity contribution is 0.0115. The van der Waals surface area contributed by atoms with Crippen molar-refractivity contribution in [3.8, 4) is 17.1 Å². The van der Waals surface area contributed by atoms with Crippen LogP contribution in [0.4, 0.5) is 0 Å². The monoisotopic (exact) mass is 590 g/mol. The normalized spacial score (nSPS) is 15.6. The van der Waals surface area contributed by atoms with E-state index in [2.05, 4.69) is 14.9 Å². The Labute approximate surface area is 241 Å². The van der Waals surface area contributed by atoms with Crippen molar-refractivity contribution in [2.24, 2.45) is 0 Å². The van der Waals surface area contributed by atoms with Crippen LogP contribution in [0.15, 0.2) is 27.9 Å². The van der Waals surface area contributed by atoms with E-state index < -0.39 is 16.1 Å². The number of hydrogen-bond acceptors (Lipinski definition) is 9. The van der Waals surface area contributed by atoms with Crippen LogP contribution in [-0.4, -0.2) is 101 Å². The highest BCUT2D eigenvalue weighted by molar-refractivity contribution is 7.89. The maximum atomic E-state index is 13.9. The predicted molar refractivity (Wildman–Crippen MR) is 156 cm³/mol. The number of nitrogens with one attached hydrogen (secondary N) is 1. The van der Waals surface area contributed by atoms with Crippen LogP contribution in [0.2, 0.25) is 0 Å². The van der Waals surface area contributed by atoms with Gasteiger partial charge < -0.3 is 19.6 Å². The minimum atomic E-state index is -3.99. The van der Waals surface area contributed by atoms with Crippen LogP contribution in [0.5, 0.6) is 5.75 Å². The zero-order valence-electron chi connectivity index (χ0n) is 24.4. The van der Waals surface area contributed by atoms with E-state index in [-0.39, 0.29) is 29.4 Å². The number of aromatic nitrogens is 4. The van der Waals surface area contributed by atoms with Crippen LogP contribution in [0.25, 0.3) is 16.9 Å². The van der Waals surface area contributed by atoms with Gasteiger partial charge in [-0.25, -0.2) is 17.9 Å². The molecule has 1 atom stereocenters. The summed E-state index contributed by atoms with van der Waals surface area (Å²) in [5, 5.41) is 15.5. The zero-order valence-corrected chi connectivity index (χ0v) is 25.2. The minimum absolute atomic E-state index is 0.0272. The number of rotatable bonds is 14. The fourth-order valence-electron chi connectivity index (χ4n) is 5.11. The highest BCUT2D eigenvalue weighted by Crippen LogP contribution is 2.31. The average molecular weight is 591 g/mol. The summed E-state index contributed by atoms with van der Waals surface area (Å²) < 4.78 is 41.9. The largest absolute Gasteiger partial charge is 0.493 e. The molecule has 0 spiro atoms. The molecule has 0 bridgehead atoms. The summed E-state index contributed by atoms with van der Waals surface area (Å²) in [7, 11) is -3.99. The van der Waals surface area contributed by atoms with Gasteiger partial charge in [0.1, 0.15) is 11.6 Å². The standard InChI is InChI=1S/C28H42N6O6S/c1-5-9-25-29-23(7-3)26-28(36)30-27(31-34(25)26)22-17-21(10-11-24(22)40-8-4)41(37,38)33(12-6-2)19-20(35)18-32-13-15-39-16-14-32/h10-11,17,20,35H,5-9,12-16,18-19H2,1-4H3,(H,30,31,36). The fourth-order valence-corrected chi connectivity index (χ4v) is 6.70. The van der Waals surface area contributed by atoms with Crippen LogP contribution in [-0.2, 0) is 27.6 Å². The van der Waals surface area contributed by atoms with Crippen molar-refractivity contribution in [1.29, 1.82) is 0 Å². The number of β-amino-alcohol motifs (C(OH)–C–C–N with tert-alkyl or cyclic N) is 1. The minimum Gasteiger partial charge on any atom is -0.493 e. The first-order chi connectivity index (χ1) is 19.7. The average Bonchev–Trinajstić information content (AvgIpc) is 3.31. The third-order valence-electron chi connectivity index (χ3n) is 7.05. The molecule has 3 aromatic rings.